The molecule has 122 valence electrons. The molecule has 1 saturated heterocycles. The molecule has 6 nitrogen and oxygen atoms in total. The summed E-state index contributed by atoms with van der Waals surface area (Å²) in [4.78, 5) is 14.5. The summed E-state index contributed by atoms with van der Waals surface area (Å²) >= 11 is 1.40. The zero-order valence-corrected chi connectivity index (χ0v) is 14.4. The van der Waals surface area contributed by atoms with Crippen LogP contribution in [0.4, 0.5) is 0 Å². The predicted molar refractivity (Wildman–Crippen MR) is 86.8 cm³/mol. The van der Waals surface area contributed by atoms with Crippen molar-refractivity contribution < 1.29 is 9.66 Å². The van der Waals surface area contributed by atoms with E-state index in [4.69, 9.17) is 4.74 Å². The molecule has 0 aromatic heterocycles. The first kappa shape index (κ1) is 18.3. The fourth-order valence-corrected chi connectivity index (χ4v) is 3.09. The Bertz CT molecular complexity index is 378. The van der Waals surface area contributed by atoms with Crippen LogP contribution < -0.4 is 0 Å². The van der Waals surface area contributed by atoms with Gasteiger partial charge < -0.3 is 14.5 Å². The molecule has 0 spiro atoms. The van der Waals surface area contributed by atoms with Crippen LogP contribution in [0.25, 0.3) is 0 Å². The Hall–Kier alpha value is -0.790. The molecular weight excluding hydrogens is 290 g/mol. The summed E-state index contributed by atoms with van der Waals surface area (Å²) in [6.07, 6.45) is 2.93. The van der Waals surface area contributed by atoms with Gasteiger partial charge in [-0.25, -0.2) is 0 Å². The van der Waals surface area contributed by atoms with Gasteiger partial charge in [0.1, 0.15) is 5.03 Å². The van der Waals surface area contributed by atoms with Gasteiger partial charge in [0.2, 0.25) is 0 Å². The Morgan fingerprint density at radius 2 is 2.19 bits per heavy atom. The van der Waals surface area contributed by atoms with Crippen molar-refractivity contribution in [1.82, 2.24) is 9.80 Å². The second-order valence-corrected chi connectivity index (χ2v) is 6.73. The SMILES string of the molecule is CSC(=C[N+](=O)[O-])N(C)CC(C)N(C)CC1COCC1C. The van der Waals surface area contributed by atoms with Crippen LogP contribution in [0, 0.1) is 22.0 Å². The zero-order chi connectivity index (χ0) is 16.0. The van der Waals surface area contributed by atoms with E-state index in [9.17, 15) is 10.1 Å². The van der Waals surface area contributed by atoms with Crippen molar-refractivity contribution in [3.05, 3.63) is 21.3 Å². The standard InChI is InChI=1S/C14H27N3O3S/c1-11-9-20-10-13(11)7-15(3)12(2)6-16(4)14(21-5)8-17(18)19/h8,11-13H,6-7,9-10H2,1-5H3. The van der Waals surface area contributed by atoms with Crippen LogP contribution in [-0.4, -0.2) is 67.4 Å². The van der Waals surface area contributed by atoms with Crippen LogP contribution in [0.3, 0.4) is 0 Å². The van der Waals surface area contributed by atoms with Crippen molar-refractivity contribution in [2.45, 2.75) is 19.9 Å². The van der Waals surface area contributed by atoms with E-state index in [2.05, 4.69) is 25.8 Å². The molecule has 0 aliphatic carbocycles. The molecule has 0 amide bonds. The Labute approximate surface area is 131 Å². The highest BCUT2D eigenvalue weighted by Gasteiger charge is 2.27. The van der Waals surface area contributed by atoms with Crippen LogP contribution in [0.15, 0.2) is 11.2 Å². The first-order valence-corrected chi connectivity index (χ1v) is 8.46. The summed E-state index contributed by atoms with van der Waals surface area (Å²) < 4.78 is 5.51. The minimum Gasteiger partial charge on any atom is -0.381 e. The van der Waals surface area contributed by atoms with Crippen LogP contribution in [0.1, 0.15) is 13.8 Å². The Kier molecular flexibility index (Phi) is 7.48. The number of hydrogen-bond acceptors (Lipinski definition) is 6. The zero-order valence-electron chi connectivity index (χ0n) is 13.6. The molecule has 1 aliphatic heterocycles. The molecule has 21 heavy (non-hydrogen) atoms. The maximum atomic E-state index is 10.6. The summed E-state index contributed by atoms with van der Waals surface area (Å²) in [5.74, 6) is 1.19. The molecule has 0 aromatic carbocycles. The molecule has 0 radical (unpaired) electrons. The molecule has 0 N–H and O–H groups in total. The van der Waals surface area contributed by atoms with Crippen molar-refractivity contribution in [2.24, 2.45) is 11.8 Å². The third-order valence-corrected chi connectivity index (χ3v) is 4.97. The summed E-state index contributed by atoms with van der Waals surface area (Å²) in [5.41, 5.74) is 0. The highest BCUT2D eigenvalue weighted by molar-refractivity contribution is 8.02. The third-order valence-electron chi connectivity index (χ3n) is 4.13. The van der Waals surface area contributed by atoms with Gasteiger partial charge in [0.25, 0.3) is 6.20 Å². The lowest BCUT2D eigenvalue weighted by atomic mass is 9.97. The number of likely N-dealkylation sites (N-methyl/N-ethyl adjacent to an activating group) is 2. The number of hydrogen-bond donors (Lipinski definition) is 0. The van der Waals surface area contributed by atoms with Gasteiger partial charge in [-0.15, -0.1) is 11.8 Å². The fraction of sp³-hybridized carbons (Fsp3) is 0.857. The van der Waals surface area contributed by atoms with Crippen molar-refractivity contribution >= 4 is 11.8 Å². The maximum Gasteiger partial charge on any atom is 0.264 e. The molecular formula is C14H27N3O3S. The number of nitro groups is 1. The average molecular weight is 317 g/mol. The number of ether oxygens (including phenoxy) is 1. The Balaban J connectivity index is 2.50. The Morgan fingerprint density at radius 3 is 2.67 bits per heavy atom. The topological polar surface area (TPSA) is 58.9 Å². The summed E-state index contributed by atoms with van der Waals surface area (Å²) in [5, 5.41) is 11.3. The van der Waals surface area contributed by atoms with Gasteiger partial charge in [-0.3, -0.25) is 10.1 Å². The smallest absolute Gasteiger partial charge is 0.264 e. The van der Waals surface area contributed by atoms with Gasteiger partial charge in [-0.1, -0.05) is 6.92 Å². The first-order valence-electron chi connectivity index (χ1n) is 7.23. The van der Waals surface area contributed by atoms with E-state index < -0.39 is 4.92 Å². The molecule has 3 atom stereocenters. The van der Waals surface area contributed by atoms with Gasteiger partial charge in [0.15, 0.2) is 0 Å². The van der Waals surface area contributed by atoms with E-state index in [0.29, 0.717) is 22.9 Å². The van der Waals surface area contributed by atoms with Crippen molar-refractivity contribution in [3.63, 3.8) is 0 Å². The second kappa shape index (κ2) is 8.60. The fourth-order valence-electron chi connectivity index (χ4n) is 2.51. The molecule has 7 heteroatoms. The van der Waals surface area contributed by atoms with Crippen LogP contribution in [-0.2, 0) is 4.74 Å². The quantitative estimate of drug-likeness (QED) is 0.504. The lowest BCUT2D eigenvalue weighted by Gasteiger charge is -2.32. The van der Waals surface area contributed by atoms with E-state index in [1.165, 1.54) is 11.8 Å². The van der Waals surface area contributed by atoms with Gasteiger partial charge >= 0.3 is 0 Å². The summed E-state index contributed by atoms with van der Waals surface area (Å²) in [7, 11) is 4.01. The molecule has 0 saturated carbocycles. The van der Waals surface area contributed by atoms with E-state index in [1.54, 1.807) is 0 Å². The van der Waals surface area contributed by atoms with E-state index in [-0.39, 0.29) is 0 Å². The van der Waals surface area contributed by atoms with Crippen LogP contribution in [0.5, 0.6) is 0 Å². The molecule has 3 unspecified atom stereocenters. The third kappa shape index (κ3) is 5.84. The lowest BCUT2D eigenvalue weighted by molar-refractivity contribution is -0.403. The van der Waals surface area contributed by atoms with Gasteiger partial charge in [0, 0.05) is 32.8 Å². The second-order valence-electron chi connectivity index (χ2n) is 5.90. The highest BCUT2D eigenvalue weighted by Crippen LogP contribution is 2.22. The molecule has 0 aromatic rings. The minimum atomic E-state index is -0.395. The maximum absolute atomic E-state index is 10.6. The molecule has 1 rings (SSSR count). The van der Waals surface area contributed by atoms with Crippen molar-refractivity contribution in [3.8, 4) is 0 Å². The van der Waals surface area contributed by atoms with Crippen LogP contribution >= 0.6 is 11.8 Å². The van der Waals surface area contributed by atoms with Crippen molar-refractivity contribution in [1.29, 1.82) is 0 Å². The van der Waals surface area contributed by atoms with Crippen LogP contribution in [0.2, 0.25) is 0 Å². The predicted octanol–water partition coefficient (Wildman–Crippen LogP) is 1.96. The van der Waals surface area contributed by atoms with Gasteiger partial charge in [0.05, 0.1) is 11.5 Å². The summed E-state index contributed by atoms with van der Waals surface area (Å²) in [6, 6.07) is 0.324. The Morgan fingerprint density at radius 1 is 1.52 bits per heavy atom. The van der Waals surface area contributed by atoms with Gasteiger partial charge in [-0.05, 0) is 32.1 Å². The van der Waals surface area contributed by atoms with E-state index in [0.717, 1.165) is 32.5 Å². The average Bonchev–Trinajstić information content (AvgIpc) is 2.81. The lowest BCUT2D eigenvalue weighted by Crippen LogP contribution is -2.41. The van der Waals surface area contributed by atoms with E-state index in [1.807, 2.05) is 18.2 Å². The molecule has 0 bridgehead atoms. The number of thioether (sulfide) groups is 1. The monoisotopic (exact) mass is 317 g/mol. The molecule has 1 aliphatic rings. The van der Waals surface area contributed by atoms with Crippen molar-refractivity contribution in [2.75, 3.05) is 46.7 Å². The minimum absolute atomic E-state index is 0.324. The first-order chi connectivity index (χ1) is 9.85. The number of nitrogens with zero attached hydrogens (tertiary/aromatic N) is 3. The van der Waals surface area contributed by atoms with Gasteiger partial charge in [-0.2, -0.15) is 0 Å². The number of rotatable bonds is 8. The normalized spacial score (nSPS) is 24.4. The largest absolute Gasteiger partial charge is 0.381 e. The molecule has 1 fully saturated rings. The highest BCUT2D eigenvalue weighted by atomic mass is 32.2. The van der Waals surface area contributed by atoms with E-state index >= 15 is 0 Å². The summed E-state index contributed by atoms with van der Waals surface area (Å²) in [6.45, 7) is 7.85. The molecule has 1 heterocycles.